The van der Waals surface area contributed by atoms with Gasteiger partial charge in [0, 0.05) is 5.56 Å². The summed E-state index contributed by atoms with van der Waals surface area (Å²) in [6.07, 6.45) is 0. The third-order valence-electron chi connectivity index (χ3n) is 2.96. The van der Waals surface area contributed by atoms with Crippen LogP contribution in [0.5, 0.6) is 5.75 Å². The van der Waals surface area contributed by atoms with Gasteiger partial charge in [0.2, 0.25) is 5.91 Å². The number of aromatic hydroxyl groups is 1. The van der Waals surface area contributed by atoms with Crippen LogP contribution in [-0.2, 0) is 4.79 Å². The third kappa shape index (κ3) is 4.31. The molecule has 0 unspecified atom stereocenters. The number of anilines is 1. The number of aromatic carboxylic acids is 1. The molecule has 23 heavy (non-hydrogen) atoms. The molecule has 0 fully saturated rings. The SMILES string of the molecule is O=C(CNC(=O)c1ccccc1)Nc1cc(C(=O)O)ccc1O. The van der Waals surface area contributed by atoms with E-state index in [9.17, 15) is 19.5 Å². The molecule has 0 aliphatic rings. The van der Waals surface area contributed by atoms with Crippen LogP contribution in [0.1, 0.15) is 20.7 Å². The molecule has 0 saturated heterocycles. The molecule has 4 N–H and O–H groups in total. The fourth-order valence-electron chi connectivity index (χ4n) is 1.82. The second-order valence-electron chi connectivity index (χ2n) is 4.63. The van der Waals surface area contributed by atoms with Crippen molar-refractivity contribution in [2.24, 2.45) is 0 Å². The number of rotatable bonds is 5. The zero-order valence-corrected chi connectivity index (χ0v) is 11.9. The highest BCUT2D eigenvalue weighted by Crippen LogP contribution is 2.24. The smallest absolute Gasteiger partial charge is 0.335 e. The molecule has 7 nitrogen and oxygen atoms in total. The van der Waals surface area contributed by atoms with Crippen molar-refractivity contribution in [2.45, 2.75) is 0 Å². The minimum absolute atomic E-state index is 0.0381. The molecule has 2 rings (SSSR count). The largest absolute Gasteiger partial charge is 0.506 e. The fourth-order valence-corrected chi connectivity index (χ4v) is 1.82. The van der Waals surface area contributed by atoms with Crippen molar-refractivity contribution < 1.29 is 24.6 Å². The molecule has 0 saturated carbocycles. The number of benzene rings is 2. The summed E-state index contributed by atoms with van der Waals surface area (Å²) in [5, 5.41) is 23.3. The molecule has 2 amide bonds. The number of nitrogens with one attached hydrogen (secondary N) is 2. The van der Waals surface area contributed by atoms with E-state index >= 15 is 0 Å². The Balaban J connectivity index is 1.96. The summed E-state index contributed by atoms with van der Waals surface area (Å²) >= 11 is 0. The van der Waals surface area contributed by atoms with Crippen LogP contribution in [0.4, 0.5) is 5.69 Å². The Morgan fingerprint density at radius 3 is 2.30 bits per heavy atom. The van der Waals surface area contributed by atoms with Gasteiger partial charge in [-0.1, -0.05) is 18.2 Å². The van der Waals surface area contributed by atoms with Crippen LogP contribution < -0.4 is 10.6 Å². The van der Waals surface area contributed by atoms with Gasteiger partial charge in [-0.15, -0.1) is 0 Å². The van der Waals surface area contributed by atoms with Gasteiger partial charge in [-0.25, -0.2) is 4.79 Å². The lowest BCUT2D eigenvalue weighted by Crippen LogP contribution is -2.32. The summed E-state index contributed by atoms with van der Waals surface area (Å²) in [7, 11) is 0. The molecule has 0 aliphatic heterocycles. The average molecular weight is 314 g/mol. The quantitative estimate of drug-likeness (QED) is 0.624. The topological polar surface area (TPSA) is 116 Å². The molecule has 0 atom stereocenters. The van der Waals surface area contributed by atoms with E-state index in [-0.39, 0.29) is 23.5 Å². The molecule has 0 aliphatic carbocycles. The summed E-state index contributed by atoms with van der Waals surface area (Å²) in [5.41, 5.74) is 0.298. The Hall–Kier alpha value is -3.35. The molecular formula is C16H14N2O5. The molecule has 118 valence electrons. The fraction of sp³-hybridized carbons (Fsp3) is 0.0625. The van der Waals surface area contributed by atoms with Crippen molar-refractivity contribution >= 4 is 23.5 Å². The first-order valence-corrected chi connectivity index (χ1v) is 6.67. The van der Waals surface area contributed by atoms with E-state index in [1.54, 1.807) is 30.3 Å². The number of phenols is 1. The van der Waals surface area contributed by atoms with Gasteiger partial charge >= 0.3 is 5.97 Å². The molecule has 0 spiro atoms. The van der Waals surface area contributed by atoms with Crippen molar-refractivity contribution in [3.05, 3.63) is 59.7 Å². The van der Waals surface area contributed by atoms with Crippen LogP contribution in [0.3, 0.4) is 0 Å². The first-order valence-electron chi connectivity index (χ1n) is 6.67. The second-order valence-corrected chi connectivity index (χ2v) is 4.63. The zero-order chi connectivity index (χ0) is 16.8. The maximum atomic E-state index is 11.8. The normalized spacial score (nSPS) is 9.91. The lowest BCUT2D eigenvalue weighted by Gasteiger charge is -2.09. The predicted octanol–water partition coefficient (Wildman–Crippen LogP) is 1.46. The highest BCUT2D eigenvalue weighted by Gasteiger charge is 2.12. The number of hydrogen-bond acceptors (Lipinski definition) is 4. The van der Waals surface area contributed by atoms with Crippen molar-refractivity contribution in [3.8, 4) is 5.75 Å². The monoisotopic (exact) mass is 314 g/mol. The maximum absolute atomic E-state index is 11.8. The van der Waals surface area contributed by atoms with E-state index in [1.165, 1.54) is 12.1 Å². The highest BCUT2D eigenvalue weighted by molar-refractivity contribution is 6.00. The standard InChI is InChI=1S/C16H14N2O5/c19-13-7-6-11(16(22)23)8-12(13)18-14(20)9-17-15(21)10-4-2-1-3-5-10/h1-8,19H,9H2,(H,17,21)(H,18,20)(H,22,23). The van der Waals surface area contributed by atoms with Crippen LogP contribution in [0.25, 0.3) is 0 Å². The highest BCUT2D eigenvalue weighted by atomic mass is 16.4. The first-order chi connectivity index (χ1) is 11.0. The average Bonchev–Trinajstić information content (AvgIpc) is 2.55. The molecular weight excluding hydrogens is 300 g/mol. The van der Waals surface area contributed by atoms with E-state index in [0.717, 1.165) is 6.07 Å². The van der Waals surface area contributed by atoms with Gasteiger partial charge in [-0.05, 0) is 30.3 Å². The number of carbonyl (C=O) groups excluding carboxylic acids is 2. The van der Waals surface area contributed by atoms with Crippen molar-refractivity contribution in [2.75, 3.05) is 11.9 Å². The van der Waals surface area contributed by atoms with E-state index < -0.39 is 17.8 Å². The predicted molar refractivity (Wildman–Crippen MR) is 82.5 cm³/mol. The molecule has 7 heteroatoms. The third-order valence-corrected chi connectivity index (χ3v) is 2.96. The van der Waals surface area contributed by atoms with Gasteiger partial charge in [-0.2, -0.15) is 0 Å². The summed E-state index contributed by atoms with van der Waals surface area (Å²) in [4.78, 5) is 34.5. The Labute approximate surface area is 131 Å². The zero-order valence-electron chi connectivity index (χ0n) is 11.9. The van der Waals surface area contributed by atoms with Crippen LogP contribution in [-0.4, -0.2) is 34.5 Å². The summed E-state index contributed by atoms with van der Waals surface area (Å²) in [6, 6.07) is 11.9. The lowest BCUT2D eigenvalue weighted by atomic mass is 10.2. The van der Waals surface area contributed by atoms with Crippen LogP contribution in [0.15, 0.2) is 48.5 Å². The number of carboxylic acids is 1. The van der Waals surface area contributed by atoms with E-state index in [1.807, 2.05) is 0 Å². The Morgan fingerprint density at radius 2 is 1.65 bits per heavy atom. The number of amides is 2. The minimum Gasteiger partial charge on any atom is -0.506 e. The first kappa shape index (κ1) is 16.0. The Morgan fingerprint density at radius 1 is 0.957 bits per heavy atom. The Bertz CT molecular complexity index is 743. The minimum atomic E-state index is -1.18. The molecule has 0 bridgehead atoms. The van der Waals surface area contributed by atoms with Gasteiger partial charge in [0.1, 0.15) is 5.75 Å². The molecule has 0 aromatic heterocycles. The van der Waals surface area contributed by atoms with Crippen LogP contribution in [0.2, 0.25) is 0 Å². The summed E-state index contributed by atoms with van der Waals surface area (Å²) in [6.45, 7) is -0.315. The van der Waals surface area contributed by atoms with Crippen molar-refractivity contribution in [3.63, 3.8) is 0 Å². The summed E-state index contributed by atoms with van der Waals surface area (Å²) in [5.74, 6) is -2.45. The van der Waals surface area contributed by atoms with E-state index in [0.29, 0.717) is 5.56 Å². The molecule has 0 heterocycles. The van der Waals surface area contributed by atoms with Crippen molar-refractivity contribution in [1.82, 2.24) is 5.32 Å². The summed E-state index contributed by atoms with van der Waals surface area (Å²) < 4.78 is 0. The molecule has 0 radical (unpaired) electrons. The van der Waals surface area contributed by atoms with Crippen molar-refractivity contribution in [1.29, 1.82) is 0 Å². The van der Waals surface area contributed by atoms with E-state index in [4.69, 9.17) is 5.11 Å². The maximum Gasteiger partial charge on any atom is 0.335 e. The van der Waals surface area contributed by atoms with Crippen LogP contribution in [0, 0.1) is 0 Å². The van der Waals surface area contributed by atoms with Gasteiger partial charge in [0.15, 0.2) is 0 Å². The van der Waals surface area contributed by atoms with Gasteiger partial charge in [0.25, 0.3) is 5.91 Å². The number of phenolic OH excluding ortho intramolecular Hbond substituents is 1. The van der Waals surface area contributed by atoms with Gasteiger partial charge in [0.05, 0.1) is 17.8 Å². The number of carbonyl (C=O) groups is 3. The molecule has 2 aromatic carbocycles. The van der Waals surface area contributed by atoms with E-state index in [2.05, 4.69) is 10.6 Å². The van der Waals surface area contributed by atoms with Gasteiger partial charge < -0.3 is 20.8 Å². The van der Waals surface area contributed by atoms with Gasteiger partial charge in [-0.3, -0.25) is 9.59 Å². The second kappa shape index (κ2) is 7.08. The van der Waals surface area contributed by atoms with Crippen LogP contribution >= 0.6 is 0 Å². The lowest BCUT2D eigenvalue weighted by molar-refractivity contribution is -0.115. The number of carboxylic acid groups (broad SMARTS) is 1. The molecule has 2 aromatic rings. The Kier molecular flexibility index (Phi) is 4.93. The number of hydrogen-bond donors (Lipinski definition) is 4.